The Morgan fingerprint density at radius 2 is 1.83 bits per heavy atom. The fourth-order valence-electron chi connectivity index (χ4n) is 3.16. The van der Waals surface area contributed by atoms with Crippen molar-refractivity contribution in [2.24, 2.45) is 10.4 Å². The van der Waals surface area contributed by atoms with Crippen molar-refractivity contribution in [1.82, 2.24) is 15.1 Å². The zero-order chi connectivity index (χ0) is 17.3. The van der Waals surface area contributed by atoms with Crippen molar-refractivity contribution in [1.29, 1.82) is 0 Å². The molecule has 1 aliphatic rings. The lowest BCUT2D eigenvalue weighted by atomic mass is 9.65. The average Bonchev–Trinajstić information content (AvgIpc) is 2.50. The Kier molecular flexibility index (Phi) is 5.04. The highest BCUT2D eigenvalue weighted by Crippen LogP contribution is 2.46. The largest absolute Gasteiger partial charge is 0.354 e. The van der Waals surface area contributed by atoms with Gasteiger partial charge in [-0.25, -0.2) is 0 Å². The summed E-state index contributed by atoms with van der Waals surface area (Å²) < 4.78 is 0. The Balaban J connectivity index is 2.06. The second-order valence-electron chi connectivity index (χ2n) is 7.85. The molecular weight excluding hydrogens is 284 g/mol. The number of rotatable bonds is 4. The first-order chi connectivity index (χ1) is 10.7. The van der Waals surface area contributed by atoms with Crippen molar-refractivity contribution in [2.45, 2.75) is 39.3 Å². The molecule has 128 valence electrons. The first-order valence-corrected chi connectivity index (χ1v) is 8.40. The molecule has 0 saturated carbocycles. The third-order valence-corrected chi connectivity index (χ3v) is 5.61. The zero-order valence-corrected chi connectivity index (χ0v) is 15.7. The van der Waals surface area contributed by atoms with E-state index in [1.165, 1.54) is 5.56 Å². The van der Waals surface area contributed by atoms with Crippen LogP contribution < -0.4 is 5.32 Å². The fraction of sp³-hybridized carbons (Fsp3) is 0.632. The highest BCUT2D eigenvalue weighted by Gasteiger charge is 2.53. The minimum atomic E-state index is 0.120. The van der Waals surface area contributed by atoms with Gasteiger partial charge in [0.15, 0.2) is 5.96 Å². The van der Waals surface area contributed by atoms with Gasteiger partial charge in [-0.15, -0.1) is 0 Å². The van der Waals surface area contributed by atoms with E-state index in [1.54, 1.807) is 0 Å². The molecule has 1 aromatic rings. The lowest BCUT2D eigenvalue weighted by Crippen LogP contribution is -2.72. The highest BCUT2D eigenvalue weighted by atomic mass is 15.4. The van der Waals surface area contributed by atoms with E-state index < -0.39 is 0 Å². The maximum Gasteiger partial charge on any atom is 0.194 e. The Hall–Kier alpha value is -1.55. The van der Waals surface area contributed by atoms with Crippen LogP contribution in [0.25, 0.3) is 0 Å². The van der Waals surface area contributed by atoms with Crippen molar-refractivity contribution >= 4 is 5.96 Å². The third-order valence-electron chi connectivity index (χ3n) is 5.61. The molecule has 1 saturated heterocycles. The standard InChI is InChI=1S/C19H32N4/c1-18(2)14-23(19(18,3)4)17(20-5)21-13-16(22(6)7)15-11-9-8-10-12-15/h8-12,16H,13-14H2,1-7H3,(H,20,21). The fourth-order valence-corrected chi connectivity index (χ4v) is 3.16. The van der Waals surface area contributed by atoms with Crippen LogP contribution in [0.3, 0.4) is 0 Å². The molecule has 1 atom stereocenters. The van der Waals surface area contributed by atoms with Crippen molar-refractivity contribution < 1.29 is 0 Å². The summed E-state index contributed by atoms with van der Waals surface area (Å²) in [7, 11) is 6.12. The van der Waals surface area contributed by atoms with Gasteiger partial charge in [-0.3, -0.25) is 4.99 Å². The highest BCUT2D eigenvalue weighted by molar-refractivity contribution is 5.82. The number of benzene rings is 1. The molecule has 0 spiro atoms. The molecule has 23 heavy (non-hydrogen) atoms. The van der Waals surface area contributed by atoms with Gasteiger partial charge in [-0.1, -0.05) is 44.2 Å². The van der Waals surface area contributed by atoms with Gasteiger partial charge in [0.25, 0.3) is 0 Å². The molecule has 4 heteroatoms. The molecule has 2 rings (SSSR count). The molecule has 4 nitrogen and oxygen atoms in total. The van der Waals surface area contributed by atoms with Crippen LogP contribution in [-0.4, -0.2) is 55.5 Å². The van der Waals surface area contributed by atoms with E-state index >= 15 is 0 Å². The summed E-state index contributed by atoms with van der Waals surface area (Å²) in [5.74, 6) is 0.997. The van der Waals surface area contributed by atoms with Gasteiger partial charge in [0.05, 0.1) is 6.04 Å². The smallest absolute Gasteiger partial charge is 0.194 e. The number of nitrogens with zero attached hydrogens (tertiary/aromatic N) is 3. The second kappa shape index (κ2) is 6.52. The van der Waals surface area contributed by atoms with Gasteiger partial charge in [0, 0.05) is 31.1 Å². The van der Waals surface area contributed by atoms with Crippen LogP contribution in [0, 0.1) is 5.41 Å². The van der Waals surface area contributed by atoms with E-state index in [0.29, 0.717) is 11.5 Å². The van der Waals surface area contributed by atoms with Crippen LogP contribution in [-0.2, 0) is 0 Å². The Morgan fingerprint density at radius 1 is 1.22 bits per heavy atom. The van der Waals surface area contributed by atoms with Gasteiger partial charge in [0.1, 0.15) is 0 Å². The molecule has 1 aliphatic heterocycles. The number of guanidine groups is 1. The van der Waals surface area contributed by atoms with Crippen molar-refractivity contribution in [3.63, 3.8) is 0 Å². The van der Waals surface area contributed by atoms with Gasteiger partial charge in [-0.05, 0) is 33.5 Å². The predicted octanol–water partition coefficient (Wildman–Crippen LogP) is 2.99. The van der Waals surface area contributed by atoms with E-state index in [2.05, 4.69) is 92.2 Å². The monoisotopic (exact) mass is 316 g/mol. The maximum absolute atomic E-state index is 4.51. The summed E-state index contributed by atoms with van der Waals surface area (Å²) in [6, 6.07) is 11.0. The molecule has 1 unspecified atom stereocenters. The number of hydrogen-bond donors (Lipinski definition) is 1. The number of nitrogens with one attached hydrogen (secondary N) is 1. The van der Waals surface area contributed by atoms with Gasteiger partial charge < -0.3 is 15.1 Å². The summed E-state index contributed by atoms with van der Waals surface area (Å²) >= 11 is 0. The quantitative estimate of drug-likeness (QED) is 0.684. The SMILES string of the molecule is CN=C(NCC(c1ccccc1)N(C)C)N1CC(C)(C)C1(C)C. The van der Waals surface area contributed by atoms with E-state index in [1.807, 2.05) is 7.05 Å². The second-order valence-corrected chi connectivity index (χ2v) is 7.85. The molecule has 0 aromatic heterocycles. The first kappa shape index (κ1) is 17.8. The number of likely N-dealkylation sites (tertiary alicyclic amines) is 1. The van der Waals surface area contributed by atoms with Crippen molar-refractivity contribution in [3.8, 4) is 0 Å². The van der Waals surface area contributed by atoms with Crippen LogP contribution in [0.1, 0.15) is 39.3 Å². The Morgan fingerprint density at radius 3 is 2.26 bits per heavy atom. The summed E-state index contributed by atoms with van der Waals surface area (Å²) in [6.07, 6.45) is 0. The molecule has 1 N–H and O–H groups in total. The van der Waals surface area contributed by atoms with E-state index in [-0.39, 0.29) is 5.54 Å². The lowest BCUT2D eigenvalue weighted by Gasteiger charge is -2.62. The minimum absolute atomic E-state index is 0.120. The van der Waals surface area contributed by atoms with Gasteiger partial charge in [0.2, 0.25) is 0 Å². The topological polar surface area (TPSA) is 30.9 Å². The summed E-state index contributed by atoms with van der Waals surface area (Å²) in [6.45, 7) is 11.1. The van der Waals surface area contributed by atoms with E-state index in [9.17, 15) is 0 Å². The summed E-state index contributed by atoms with van der Waals surface area (Å²) in [5.41, 5.74) is 1.75. The maximum atomic E-state index is 4.51. The average molecular weight is 316 g/mol. The number of aliphatic imine (C=N–C) groups is 1. The summed E-state index contributed by atoms with van der Waals surface area (Å²) in [4.78, 5) is 9.14. The predicted molar refractivity (Wildman–Crippen MR) is 98.8 cm³/mol. The molecule has 1 fully saturated rings. The molecule has 1 aromatic carbocycles. The van der Waals surface area contributed by atoms with Crippen LogP contribution >= 0.6 is 0 Å². The Labute approximate surface area is 141 Å². The normalized spacial score (nSPS) is 21.0. The van der Waals surface area contributed by atoms with Gasteiger partial charge >= 0.3 is 0 Å². The molecular formula is C19H32N4. The van der Waals surface area contributed by atoms with Crippen LogP contribution in [0.4, 0.5) is 0 Å². The molecule has 0 bridgehead atoms. The molecule has 0 amide bonds. The van der Waals surface area contributed by atoms with Crippen LogP contribution in [0.2, 0.25) is 0 Å². The minimum Gasteiger partial charge on any atom is -0.354 e. The number of likely N-dealkylation sites (N-methyl/N-ethyl adjacent to an activating group) is 1. The van der Waals surface area contributed by atoms with Gasteiger partial charge in [-0.2, -0.15) is 0 Å². The number of hydrogen-bond acceptors (Lipinski definition) is 2. The molecule has 1 heterocycles. The van der Waals surface area contributed by atoms with Crippen molar-refractivity contribution in [2.75, 3.05) is 34.2 Å². The van der Waals surface area contributed by atoms with E-state index in [0.717, 1.165) is 19.0 Å². The van der Waals surface area contributed by atoms with Crippen molar-refractivity contribution in [3.05, 3.63) is 35.9 Å². The molecule has 0 aliphatic carbocycles. The first-order valence-electron chi connectivity index (χ1n) is 8.40. The van der Waals surface area contributed by atoms with Crippen LogP contribution in [0.15, 0.2) is 35.3 Å². The summed E-state index contributed by atoms with van der Waals surface area (Å²) in [5, 5.41) is 3.58. The third kappa shape index (κ3) is 3.37. The Bertz CT molecular complexity index is 546. The lowest BCUT2D eigenvalue weighted by molar-refractivity contribution is -0.0668. The van der Waals surface area contributed by atoms with E-state index in [4.69, 9.17) is 0 Å². The molecule has 0 radical (unpaired) electrons. The van der Waals surface area contributed by atoms with Crippen LogP contribution in [0.5, 0.6) is 0 Å². The zero-order valence-electron chi connectivity index (χ0n) is 15.7.